The van der Waals surface area contributed by atoms with Gasteiger partial charge in [-0.1, -0.05) is 19.3 Å². The van der Waals surface area contributed by atoms with Crippen LogP contribution in [-0.2, 0) is 16.3 Å². The van der Waals surface area contributed by atoms with Crippen molar-refractivity contribution in [2.24, 2.45) is 4.99 Å². The van der Waals surface area contributed by atoms with E-state index in [2.05, 4.69) is 10.2 Å². The number of nitrogens with one attached hydrogen (secondary N) is 1. The average molecular weight is 380 g/mol. The molecule has 2 saturated carbocycles. The molecule has 144 valence electrons. The number of furan rings is 1. The molecular formula is C19H29N3O3S. The van der Waals surface area contributed by atoms with E-state index < -0.39 is 14.6 Å². The Morgan fingerprint density at radius 2 is 2.12 bits per heavy atom. The smallest absolute Gasteiger partial charge is 0.194 e. The van der Waals surface area contributed by atoms with Crippen molar-refractivity contribution in [2.45, 2.75) is 62.2 Å². The highest BCUT2D eigenvalue weighted by Crippen LogP contribution is 2.38. The SMILES string of the molecule is O=S1(=O)CCN(C(=NCCc2ccco2)NC2CC2)CC12CCCCC2. The summed E-state index contributed by atoms with van der Waals surface area (Å²) in [7, 11) is -3.02. The minimum Gasteiger partial charge on any atom is -0.469 e. The van der Waals surface area contributed by atoms with Crippen LogP contribution >= 0.6 is 0 Å². The monoisotopic (exact) mass is 379 g/mol. The molecule has 0 aromatic carbocycles. The van der Waals surface area contributed by atoms with Crippen molar-refractivity contribution in [3.63, 3.8) is 0 Å². The lowest BCUT2D eigenvalue weighted by Gasteiger charge is -2.45. The van der Waals surface area contributed by atoms with Crippen LogP contribution in [0.3, 0.4) is 0 Å². The first kappa shape index (κ1) is 17.9. The standard InChI is InChI=1S/C19H29N3O3S/c23-26(24)14-12-22(15-19(26)9-2-1-3-10-19)18(21-16-6-7-16)20-11-8-17-5-4-13-25-17/h4-5,13,16H,1-3,6-12,14-15H2,(H,20,21). The summed E-state index contributed by atoms with van der Waals surface area (Å²) in [4.78, 5) is 7.01. The van der Waals surface area contributed by atoms with E-state index in [0.717, 1.165) is 50.2 Å². The quantitative estimate of drug-likeness (QED) is 0.642. The van der Waals surface area contributed by atoms with Gasteiger partial charge in [0.25, 0.3) is 0 Å². The Bertz CT molecular complexity index is 732. The first-order valence-corrected chi connectivity index (χ1v) is 11.5. The third-order valence-corrected chi connectivity index (χ3v) is 8.52. The summed E-state index contributed by atoms with van der Waals surface area (Å²) in [6.45, 7) is 1.79. The van der Waals surface area contributed by atoms with Gasteiger partial charge in [-0.05, 0) is 37.8 Å². The molecule has 1 aliphatic heterocycles. The summed E-state index contributed by atoms with van der Waals surface area (Å²) in [6, 6.07) is 4.36. The first-order valence-electron chi connectivity index (χ1n) is 9.89. The summed E-state index contributed by atoms with van der Waals surface area (Å²) < 4.78 is 30.5. The maximum atomic E-state index is 12.8. The van der Waals surface area contributed by atoms with Crippen LogP contribution < -0.4 is 5.32 Å². The lowest BCUT2D eigenvalue weighted by Crippen LogP contribution is -2.60. The van der Waals surface area contributed by atoms with E-state index in [0.29, 0.717) is 25.7 Å². The van der Waals surface area contributed by atoms with Gasteiger partial charge < -0.3 is 14.6 Å². The number of guanidine groups is 1. The molecule has 1 aromatic rings. The van der Waals surface area contributed by atoms with Crippen molar-refractivity contribution in [1.29, 1.82) is 0 Å². The Morgan fingerprint density at radius 1 is 1.31 bits per heavy atom. The van der Waals surface area contributed by atoms with Gasteiger partial charge in [-0.3, -0.25) is 4.99 Å². The topological polar surface area (TPSA) is 74.9 Å². The van der Waals surface area contributed by atoms with E-state index in [1.807, 2.05) is 12.1 Å². The molecular weight excluding hydrogens is 350 g/mol. The van der Waals surface area contributed by atoms with Gasteiger partial charge in [0.15, 0.2) is 15.8 Å². The predicted octanol–water partition coefficient (Wildman–Crippen LogP) is 2.36. The molecule has 6 nitrogen and oxygen atoms in total. The van der Waals surface area contributed by atoms with Crippen LogP contribution in [0.15, 0.2) is 27.8 Å². The second-order valence-corrected chi connectivity index (χ2v) is 10.4. The lowest BCUT2D eigenvalue weighted by molar-refractivity contribution is 0.273. The number of aliphatic imine (C=N–C) groups is 1. The minimum atomic E-state index is -3.02. The zero-order chi connectivity index (χ0) is 18.0. The van der Waals surface area contributed by atoms with E-state index >= 15 is 0 Å². The van der Waals surface area contributed by atoms with Crippen LogP contribution in [0.25, 0.3) is 0 Å². The minimum absolute atomic E-state index is 0.247. The van der Waals surface area contributed by atoms with Gasteiger partial charge in [-0.2, -0.15) is 0 Å². The maximum Gasteiger partial charge on any atom is 0.194 e. The highest BCUT2D eigenvalue weighted by atomic mass is 32.2. The molecule has 1 aromatic heterocycles. The maximum absolute atomic E-state index is 12.8. The summed E-state index contributed by atoms with van der Waals surface area (Å²) in [5.41, 5.74) is 0. The fourth-order valence-corrected chi connectivity index (χ4v) is 6.35. The molecule has 2 heterocycles. The first-order chi connectivity index (χ1) is 12.6. The molecule has 0 atom stereocenters. The second kappa shape index (κ2) is 7.25. The van der Waals surface area contributed by atoms with Gasteiger partial charge in [0.1, 0.15) is 5.76 Å². The van der Waals surface area contributed by atoms with Crippen LogP contribution in [0.2, 0.25) is 0 Å². The average Bonchev–Trinajstić information content (AvgIpc) is 3.30. The van der Waals surface area contributed by atoms with Crippen LogP contribution in [0.4, 0.5) is 0 Å². The van der Waals surface area contributed by atoms with E-state index in [1.54, 1.807) is 6.26 Å². The fraction of sp³-hybridized carbons (Fsp3) is 0.737. The molecule has 3 fully saturated rings. The molecule has 1 saturated heterocycles. The molecule has 1 spiro atoms. The fourth-order valence-electron chi connectivity index (χ4n) is 4.19. The Kier molecular flexibility index (Phi) is 4.99. The summed E-state index contributed by atoms with van der Waals surface area (Å²) in [5.74, 6) is 2.07. The summed E-state index contributed by atoms with van der Waals surface area (Å²) in [6.07, 6.45) is 9.60. The molecule has 0 unspecified atom stereocenters. The molecule has 0 bridgehead atoms. The molecule has 0 radical (unpaired) electrons. The third-order valence-electron chi connectivity index (χ3n) is 5.94. The molecule has 4 rings (SSSR count). The van der Waals surface area contributed by atoms with Crippen molar-refractivity contribution >= 4 is 15.8 Å². The van der Waals surface area contributed by atoms with Gasteiger partial charge in [0.2, 0.25) is 0 Å². The summed E-state index contributed by atoms with van der Waals surface area (Å²) in [5, 5.41) is 3.54. The van der Waals surface area contributed by atoms with Gasteiger partial charge in [0.05, 0.1) is 16.8 Å². The molecule has 2 aliphatic carbocycles. The van der Waals surface area contributed by atoms with Crippen molar-refractivity contribution in [2.75, 3.05) is 25.4 Å². The van der Waals surface area contributed by atoms with Gasteiger partial charge >= 0.3 is 0 Å². The Hall–Kier alpha value is -1.50. The van der Waals surface area contributed by atoms with Gasteiger partial charge in [-0.25, -0.2) is 8.42 Å². The number of sulfone groups is 1. The molecule has 7 heteroatoms. The Labute approximate surface area is 156 Å². The normalized spacial score (nSPS) is 25.4. The number of nitrogens with zero attached hydrogens (tertiary/aromatic N) is 2. The second-order valence-electron chi connectivity index (χ2n) is 7.94. The highest BCUT2D eigenvalue weighted by molar-refractivity contribution is 7.92. The van der Waals surface area contributed by atoms with E-state index in [1.165, 1.54) is 12.8 Å². The van der Waals surface area contributed by atoms with E-state index in [-0.39, 0.29) is 5.75 Å². The largest absolute Gasteiger partial charge is 0.469 e. The number of hydrogen-bond acceptors (Lipinski definition) is 4. The molecule has 1 N–H and O–H groups in total. The molecule has 0 amide bonds. The lowest BCUT2D eigenvalue weighted by atomic mass is 9.87. The van der Waals surface area contributed by atoms with Crippen molar-refractivity contribution < 1.29 is 12.8 Å². The molecule has 26 heavy (non-hydrogen) atoms. The van der Waals surface area contributed by atoms with Crippen LogP contribution in [0.5, 0.6) is 0 Å². The van der Waals surface area contributed by atoms with Crippen molar-refractivity contribution in [1.82, 2.24) is 10.2 Å². The third kappa shape index (κ3) is 3.77. The van der Waals surface area contributed by atoms with Crippen molar-refractivity contribution in [3.8, 4) is 0 Å². The number of hydrogen-bond donors (Lipinski definition) is 1. The summed E-state index contributed by atoms with van der Waals surface area (Å²) >= 11 is 0. The highest BCUT2D eigenvalue weighted by Gasteiger charge is 2.49. The van der Waals surface area contributed by atoms with Crippen LogP contribution in [0, 0.1) is 0 Å². The molecule has 3 aliphatic rings. The Morgan fingerprint density at radius 3 is 2.81 bits per heavy atom. The van der Waals surface area contributed by atoms with Crippen molar-refractivity contribution in [3.05, 3.63) is 24.2 Å². The number of rotatable bonds is 4. The predicted molar refractivity (Wildman–Crippen MR) is 102 cm³/mol. The van der Waals surface area contributed by atoms with Crippen LogP contribution in [0.1, 0.15) is 50.7 Å². The van der Waals surface area contributed by atoms with E-state index in [4.69, 9.17) is 9.41 Å². The van der Waals surface area contributed by atoms with Gasteiger partial charge in [-0.15, -0.1) is 0 Å². The van der Waals surface area contributed by atoms with Gasteiger partial charge in [0, 0.05) is 32.1 Å². The van der Waals surface area contributed by atoms with Crippen LogP contribution in [-0.4, -0.2) is 55.5 Å². The zero-order valence-electron chi connectivity index (χ0n) is 15.3. The zero-order valence-corrected chi connectivity index (χ0v) is 16.1. The Balaban J connectivity index is 1.49. The van der Waals surface area contributed by atoms with E-state index in [9.17, 15) is 8.42 Å².